The average molecular weight is 292 g/mol. The Labute approximate surface area is 108 Å². The van der Waals surface area contributed by atoms with E-state index in [4.69, 9.17) is 58.0 Å². The highest BCUT2D eigenvalue weighted by atomic mass is 35.5. The Morgan fingerprint density at radius 3 is 1.86 bits per heavy atom. The summed E-state index contributed by atoms with van der Waals surface area (Å²) in [5.74, 6) is -0.0575. The van der Waals surface area contributed by atoms with Crippen LogP contribution in [0.2, 0.25) is 0 Å². The molecule has 14 heavy (non-hydrogen) atoms. The number of hydrogen-bond acceptors (Lipinski definition) is 0. The lowest BCUT2D eigenvalue weighted by molar-refractivity contribution is 0.754. The summed E-state index contributed by atoms with van der Waals surface area (Å²) in [6.07, 6.45) is 0. The van der Waals surface area contributed by atoms with Gasteiger partial charge in [0.2, 0.25) is 0 Å². The van der Waals surface area contributed by atoms with E-state index in [0.717, 1.165) is 0 Å². The Morgan fingerprint density at radius 2 is 1.43 bits per heavy atom. The van der Waals surface area contributed by atoms with Gasteiger partial charge in [-0.15, -0.1) is 11.6 Å². The Balaban J connectivity index is 3.08. The molecule has 0 spiro atoms. The Hall–Kier alpha value is 0.670. The minimum atomic E-state index is -1.42. The molecule has 0 amide bonds. The van der Waals surface area contributed by atoms with Gasteiger partial charge in [-0.1, -0.05) is 76.7 Å². The van der Waals surface area contributed by atoms with Gasteiger partial charge in [0.1, 0.15) is 0 Å². The first kappa shape index (κ1) is 12.7. The molecule has 1 aromatic carbocycles. The van der Waals surface area contributed by atoms with E-state index in [2.05, 4.69) is 0 Å². The molecular formula is C9H7Cl5. The van der Waals surface area contributed by atoms with E-state index in [1.165, 1.54) is 0 Å². The monoisotopic (exact) mass is 290 g/mol. The van der Waals surface area contributed by atoms with Gasteiger partial charge in [0, 0.05) is 0 Å². The third kappa shape index (κ3) is 2.43. The number of benzene rings is 1. The molecule has 0 bridgehead atoms. The first-order valence-electron chi connectivity index (χ1n) is 3.79. The second kappa shape index (κ2) is 4.67. The van der Waals surface area contributed by atoms with Crippen LogP contribution in [0, 0.1) is 0 Å². The fourth-order valence-corrected chi connectivity index (χ4v) is 1.88. The second-order valence-corrected chi connectivity index (χ2v) is 5.86. The smallest absolute Gasteiger partial charge is 0.123 e. The highest BCUT2D eigenvalue weighted by Gasteiger charge is 2.47. The molecule has 5 heteroatoms. The predicted octanol–water partition coefficient (Wildman–Crippen LogP) is 4.73. The summed E-state index contributed by atoms with van der Waals surface area (Å²) in [4.78, 5) is 0. The fraction of sp³-hybridized carbons (Fsp3) is 0.333. The molecule has 0 radical (unpaired) electrons. The molecule has 0 unspecified atom stereocenters. The summed E-state index contributed by atoms with van der Waals surface area (Å²) in [6.45, 7) is 0. The molecule has 0 aromatic heterocycles. The average Bonchev–Trinajstić information content (AvgIpc) is 2.19. The van der Waals surface area contributed by atoms with Crippen LogP contribution in [0.1, 0.15) is 5.56 Å². The number of rotatable bonds is 3. The Morgan fingerprint density at radius 1 is 0.929 bits per heavy atom. The Kier molecular flexibility index (Phi) is 4.25. The van der Waals surface area contributed by atoms with Gasteiger partial charge in [-0.05, 0) is 5.56 Å². The van der Waals surface area contributed by atoms with E-state index < -0.39 is 8.67 Å². The largest absolute Gasteiger partial charge is 0.177 e. The summed E-state index contributed by atoms with van der Waals surface area (Å²) in [6, 6.07) is 8.93. The quantitative estimate of drug-likeness (QED) is 0.707. The van der Waals surface area contributed by atoms with Crippen LogP contribution in [0.3, 0.4) is 0 Å². The summed E-state index contributed by atoms with van der Waals surface area (Å²) >= 11 is 29.6. The number of halogens is 5. The van der Waals surface area contributed by atoms with Crippen molar-refractivity contribution < 1.29 is 0 Å². The van der Waals surface area contributed by atoms with Gasteiger partial charge in [0.15, 0.2) is 8.67 Å². The van der Waals surface area contributed by atoms with E-state index in [-0.39, 0.29) is 5.88 Å². The van der Waals surface area contributed by atoms with Gasteiger partial charge in [-0.2, -0.15) is 0 Å². The lowest BCUT2D eigenvalue weighted by Gasteiger charge is -2.31. The number of hydrogen-bond donors (Lipinski definition) is 0. The van der Waals surface area contributed by atoms with Gasteiger partial charge in [-0.25, -0.2) is 0 Å². The van der Waals surface area contributed by atoms with Crippen molar-refractivity contribution in [2.45, 2.75) is 8.67 Å². The van der Waals surface area contributed by atoms with Gasteiger partial charge < -0.3 is 0 Å². The zero-order valence-electron chi connectivity index (χ0n) is 6.98. The highest BCUT2D eigenvalue weighted by Crippen LogP contribution is 2.50. The molecule has 0 heterocycles. The van der Waals surface area contributed by atoms with Crippen LogP contribution in [0.25, 0.3) is 0 Å². The molecule has 0 N–H and O–H groups in total. The SMILES string of the molecule is ClCC(Cl)(Cl)C(Cl)(Cl)c1ccccc1. The lowest BCUT2D eigenvalue weighted by Crippen LogP contribution is -2.35. The Bertz CT molecular complexity index is 293. The van der Waals surface area contributed by atoms with Crippen molar-refractivity contribution in [3.05, 3.63) is 35.9 Å². The maximum absolute atomic E-state index is 6.07. The molecule has 0 nitrogen and oxygen atoms in total. The molecule has 0 saturated carbocycles. The molecule has 1 rings (SSSR count). The van der Waals surface area contributed by atoms with Crippen LogP contribution < -0.4 is 0 Å². The summed E-state index contributed by atoms with van der Waals surface area (Å²) < 4.78 is -2.84. The van der Waals surface area contributed by atoms with Crippen LogP contribution in [-0.2, 0) is 4.33 Å². The normalized spacial score (nSPS) is 12.9. The molecule has 0 atom stereocenters. The summed E-state index contributed by atoms with van der Waals surface area (Å²) in [7, 11) is 0. The van der Waals surface area contributed by atoms with Crippen molar-refractivity contribution in [2.75, 3.05) is 5.88 Å². The second-order valence-electron chi connectivity index (χ2n) is 2.78. The molecule has 0 fully saturated rings. The van der Waals surface area contributed by atoms with E-state index in [1.54, 1.807) is 24.3 Å². The third-order valence-electron chi connectivity index (χ3n) is 1.76. The highest BCUT2D eigenvalue weighted by molar-refractivity contribution is 6.63. The fourth-order valence-electron chi connectivity index (χ4n) is 0.943. The first-order valence-corrected chi connectivity index (χ1v) is 5.83. The molecular weight excluding hydrogens is 285 g/mol. The predicted molar refractivity (Wildman–Crippen MR) is 65.0 cm³/mol. The summed E-state index contributed by atoms with van der Waals surface area (Å²) in [5, 5.41) is 0. The van der Waals surface area contributed by atoms with Crippen LogP contribution >= 0.6 is 58.0 Å². The maximum atomic E-state index is 6.07. The topological polar surface area (TPSA) is 0 Å². The summed E-state index contributed by atoms with van der Waals surface area (Å²) in [5.41, 5.74) is 0.619. The van der Waals surface area contributed by atoms with Gasteiger partial charge in [-0.3, -0.25) is 0 Å². The van der Waals surface area contributed by atoms with E-state index in [0.29, 0.717) is 5.56 Å². The van der Waals surface area contributed by atoms with Crippen molar-refractivity contribution in [1.29, 1.82) is 0 Å². The zero-order chi connectivity index (χ0) is 10.8. The molecule has 0 saturated heterocycles. The van der Waals surface area contributed by atoms with E-state index in [9.17, 15) is 0 Å². The van der Waals surface area contributed by atoms with Crippen molar-refractivity contribution in [2.24, 2.45) is 0 Å². The zero-order valence-corrected chi connectivity index (χ0v) is 10.8. The number of alkyl halides is 5. The molecule has 0 aliphatic heterocycles. The van der Waals surface area contributed by atoms with Crippen LogP contribution in [0.15, 0.2) is 30.3 Å². The minimum absolute atomic E-state index is 0.0575. The van der Waals surface area contributed by atoms with Crippen LogP contribution in [-0.4, -0.2) is 10.2 Å². The van der Waals surface area contributed by atoms with Crippen LogP contribution in [0.5, 0.6) is 0 Å². The van der Waals surface area contributed by atoms with Crippen LogP contribution in [0.4, 0.5) is 0 Å². The van der Waals surface area contributed by atoms with Gasteiger partial charge in [0.05, 0.1) is 5.88 Å². The van der Waals surface area contributed by atoms with Crippen molar-refractivity contribution >= 4 is 58.0 Å². The van der Waals surface area contributed by atoms with Gasteiger partial charge >= 0.3 is 0 Å². The first-order chi connectivity index (χ1) is 6.42. The molecule has 0 aliphatic rings. The van der Waals surface area contributed by atoms with Crippen molar-refractivity contribution in [3.63, 3.8) is 0 Å². The third-order valence-corrected chi connectivity index (χ3v) is 4.74. The van der Waals surface area contributed by atoms with Gasteiger partial charge in [0.25, 0.3) is 0 Å². The molecule has 78 valence electrons. The standard InChI is InChI=1S/C9H7Cl5/c10-6-8(11,12)9(13,14)7-4-2-1-3-5-7/h1-5H,6H2. The molecule has 1 aromatic rings. The van der Waals surface area contributed by atoms with Crippen molar-refractivity contribution in [1.82, 2.24) is 0 Å². The van der Waals surface area contributed by atoms with E-state index in [1.807, 2.05) is 6.07 Å². The minimum Gasteiger partial charge on any atom is -0.123 e. The lowest BCUT2D eigenvalue weighted by atomic mass is 10.1. The van der Waals surface area contributed by atoms with Crippen molar-refractivity contribution in [3.8, 4) is 0 Å². The maximum Gasteiger partial charge on any atom is 0.177 e. The van der Waals surface area contributed by atoms with E-state index >= 15 is 0 Å². The molecule has 0 aliphatic carbocycles.